The Bertz CT molecular complexity index is 1740. The summed E-state index contributed by atoms with van der Waals surface area (Å²) in [6.45, 7) is 1.75. The molecule has 12 N–H and O–H groups in total. The Hall–Kier alpha value is -1.99. The Kier molecular flexibility index (Phi) is 46.9. The Morgan fingerprint density at radius 1 is 0.409 bits per heavy atom. The molecule has 0 aromatic rings. The second kappa shape index (κ2) is 51.4. The van der Waals surface area contributed by atoms with Crippen molar-refractivity contribution in [3.05, 3.63) is 36.5 Å². The second-order valence-corrected chi connectivity index (χ2v) is 25.3. The average molecular weight is 1260 g/mol. The number of aliphatic hydroxyl groups is 11. The fourth-order valence-electron chi connectivity index (χ4n) is 12.0. The van der Waals surface area contributed by atoms with E-state index < -0.39 is 124 Å². The summed E-state index contributed by atoms with van der Waals surface area (Å²) in [6, 6.07) is -0.883. The van der Waals surface area contributed by atoms with Crippen LogP contribution >= 0.6 is 0 Å². The number of hydrogen-bond acceptors (Lipinski definition) is 18. The topological polar surface area (TPSA) is 307 Å². The molecule has 516 valence electrons. The monoisotopic (exact) mass is 1260 g/mol. The van der Waals surface area contributed by atoms with Gasteiger partial charge in [0.25, 0.3) is 0 Å². The highest BCUT2D eigenvalue weighted by molar-refractivity contribution is 5.76. The maximum atomic E-state index is 13.3. The van der Waals surface area contributed by atoms with Gasteiger partial charge in [-0.2, -0.15) is 0 Å². The maximum absolute atomic E-state index is 13.3. The molecule has 3 aliphatic heterocycles. The van der Waals surface area contributed by atoms with Crippen LogP contribution in [0.2, 0.25) is 0 Å². The number of rotatable bonds is 54. The minimum Gasteiger partial charge on any atom is -0.394 e. The van der Waals surface area contributed by atoms with Gasteiger partial charge in [-0.1, -0.05) is 243 Å². The molecule has 3 saturated heterocycles. The molecule has 17 atom stereocenters. The minimum atomic E-state index is -1.97. The normalized spacial score (nSPS) is 28.6. The van der Waals surface area contributed by atoms with Gasteiger partial charge >= 0.3 is 0 Å². The molecule has 1 amide bonds. The van der Waals surface area contributed by atoms with Gasteiger partial charge in [0.15, 0.2) is 18.9 Å². The van der Waals surface area contributed by atoms with Crippen molar-refractivity contribution in [3.63, 3.8) is 0 Å². The van der Waals surface area contributed by atoms with Crippen LogP contribution < -0.4 is 5.32 Å². The van der Waals surface area contributed by atoms with Gasteiger partial charge in [0, 0.05) is 6.42 Å². The van der Waals surface area contributed by atoms with E-state index in [1.807, 2.05) is 0 Å². The van der Waals surface area contributed by atoms with Crippen LogP contribution in [-0.4, -0.2) is 193 Å². The third-order valence-electron chi connectivity index (χ3n) is 17.7. The van der Waals surface area contributed by atoms with Crippen LogP contribution in [0.25, 0.3) is 0 Å². The van der Waals surface area contributed by atoms with Crippen LogP contribution in [0.3, 0.4) is 0 Å². The molecule has 17 unspecified atom stereocenters. The molecule has 19 nitrogen and oxygen atoms in total. The number of ether oxygens (including phenoxy) is 6. The van der Waals surface area contributed by atoms with Crippen LogP contribution in [0.4, 0.5) is 0 Å². The summed E-state index contributed by atoms with van der Waals surface area (Å²) in [5.74, 6) is -0.243. The molecule has 3 rings (SSSR count). The van der Waals surface area contributed by atoms with Gasteiger partial charge in [-0.15, -0.1) is 0 Å². The number of allylic oxidation sites excluding steroid dienone is 6. The molecule has 0 aromatic heterocycles. The zero-order chi connectivity index (χ0) is 64.0. The van der Waals surface area contributed by atoms with Crippen molar-refractivity contribution < 1.29 is 89.4 Å². The highest BCUT2D eigenvalue weighted by Gasteiger charge is 2.53. The van der Waals surface area contributed by atoms with Crippen LogP contribution in [0.15, 0.2) is 36.5 Å². The van der Waals surface area contributed by atoms with E-state index in [9.17, 15) is 61.0 Å². The van der Waals surface area contributed by atoms with E-state index in [0.717, 1.165) is 57.8 Å². The fourth-order valence-corrected chi connectivity index (χ4v) is 12.0. The third kappa shape index (κ3) is 33.2. The zero-order valence-corrected chi connectivity index (χ0v) is 54.5. The predicted octanol–water partition coefficient (Wildman–Crippen LogP) is 9.22. The molecule has 19 heteroatoms. The lowest BCUT2D eigenvalue weighted by atomic mass is 9.96. The fraction of sp³-hybridized carbons (Fsp3) is 0.899. The highest BCUT2D eigenvalue weighted by Crippen LogP contribution is 2.33. The van der Waals surface area contributed by atoms with E-state index in [1.54, 1.807) is 0 Å². The van der Waals surface area contributed by atoms with Gasteiger partial charge in [0.05, 0.1) is 38.6 Å². The van der Waals surface area contributed by atoms with Gasteiger partial charge in [-0.25, -0.2) is 0 Å². The highest BCUT2D eigenvalue weighted by atomic mass is 16.8. The van der Waals surface area contributed by atoms with Crippen LogP contribution in [0.1, 0.15) is 264 Å². The Labute approximate surface area is 530 Å². The molecule has 0 saturated carbocycles. The predicted molar refractivity (Wildman–Crippen MR) is 342 cm³/mol. The summed E-state index contributed by atoms with van der Waals surface area (Å²) in [5.41, 5.74) is 0. The molecule has 88 heavy (non-hydrogen) atoms. The van der Waals surface area contributed by atoms with E-state index in [4.69, 9.17) is 28.4 Å². The Balaban J connectivity index is 1.28. The first-order chi connectivity index (χ1) is 42.8. The SMILES string of the molecule is CCCCCCC/C=C\C/C=C\C/C=C\CCCCCCCCCCCCCCCCCCCCCCC(=O)NC(COC1OC(CO)C(OC2OC(CO)C(OC3OC(CO)C(O)C(O)C3O)C(O)C2O)C(O)C1O)C(O)CCCCCCCCCC. The first-order valence-electron chi connectivity index (χ1n) is 35.2. The van der Waals surface area contributed by atoms with Crippen LogP contribution in [0, 0.1) is 0 Å². The van der Waals surface area contributed by atoms with Crippen molar-refractivity contribution >= 4 is 5.91 Å². The number of aliphatic hydroxyl groups excluding tert-OH is 11. The quantitative estimate of drug-likeness (QED) is 0.0199. The standard InChI is InChI=1S/C69H127NO18/c1-3-5-7-9-11-13-14-15-16-17-18-19-20-21-22-23-24-25-26-27-28-29-30-31-32-33-34-35-36-37-38-39-41-43-45-47-57(75)70-52(53(74)46-44-42-40-12-10-8-6-4-2)51-83-67-63(81)60(78)65(55(49-72)85-67)88-69-64(82)61(79)66(56(50-73)86-69)87-68-62(80)59(77)58(76)54(48-71)84-68/h14-15,17-18,20-21,52-56,58-69,71-74,76-82H,3-13,16,19,22-51H2,1-2H3,(H,70,75)/b15-14-,18-17-,21-20-. The number of carbonyl (C=O) groups is 1. The molecule has 0 radical (unpaired) electrons. The molecule has 0 bridgehead atoms. The summed E-state index contributed by atoms with van der Waals surface area (Å²) in [4.78, 5) is 13.3. The Morgan fingerprint density at radius 2 is 0.750 bits per heavy atom. The molecule has 3 fully saturated rings. The van der Waals surface area contributed by atoms with E-state index in [0.29, 0.717) is 12.8 Å². The van der Waals surface area contributed by atoms with Gasteiger partial charge in [0.1, 0.15) is 73.2 Å². The number of amides is 1. The lowest BCUT2D eigenvalue weighted by Crippen LogP contribution is -2.66. The molecule has 0 aliphatic carbocycles. The van der Waals surface area contributed by atoms with E-state index >= 15 is 0 Å². The smallest absolute Gasteiger partial charge is 0.220 e. The molecular weight excluding hydrogens is 1130 g/mol. The molecule has 0 aromatic carbocycles. The summed E-state index contributed by atoms with van der Waals surface area (Å²) in [5, 5.41) is 120. The average Bonchev–Trinajstić information content (AvgIpc) is 1.15. The van der Waals surface area contributed by atoms with Gasteiger partial charge < -0.3 is 89.9 Å². The van der Waals surface area contributed by atoms with Crippen molar-refractivity contribution in [2.45, 2.75) is 369 Å². The molecule has 0 spiro atoms. The summed E-state index contributed by atoms with van der Waals surface area (Å²) in [7, 11) is 0. The van der Waals surface area contributed by atoms with Crippen molar-refractivity contribution in [2.75, 3.05) is 26.4 Å². The van der Waals surface area contributed by atoms with E-state index in [-0.39, 0.29) is 18.9 Å². The Morgan fingerprint density at radius 3 is 1.17 bits per heavy atom. The van der Waals surface area contributed by atoms with Crippen LogP contribution in [-0.2, 0) is 33.2 Å². The van der Waals surface area contributed by atoms with Crippen molar-refractivity contribution in [2.24, 2.45) is 0 Å². The lowest BCUT2D eigenvalue weighted by molar-refractivity contribution is -0.379. The molecule has 3 heterocycles. The zero-order valence-electron chi connectivity index (χ0n) is 54.5. The van der Waals surface area contributed by atoms with Crippen molar-refractivity contribution in [3.8, 4) is 0 Å². The number of carbonyl (C=O) groups excluding carboxylic acids is 1. The maximum Gasteiger partial charge on any atom is 0.220 e. The largest absolute Gasteiger partial charge is 0.394 e. The van der Waals surface area contributed by atoms with E-state index in [1.165, 1.54) is 173 Å². The minimum absolute atomic E-state index is 0.243. The van der Waals surface area contributed by atoms with Gasteiger partial charge in [-0.05, 0) is 51.4 Å². The molecular formula is C69H127NO18. The summed E-state index contributed by atoms with van der Waals surface area (Å²) >= 11 is 0. The van der Waals surface area contributed by atoms with Gasteiger partial charge in [-0.3, -0.25) is 4.79 Å². The first-order valence-corrected chi connectivity index (χ1v) is 35.2. The van der Waals surface area contributed by atoms with Gasteiger partial charge in [0.2, 0.25) is 5.91 Å². The third-order valence-corrected chi connectivity index (χ3v) is 17.7. The number of nitrogens with one attached hydrogen (secondary N) is 1. The summed E-state index contributed by atoms with van der Waals surface area (Å²) < 4.78 is 34.3. The van der Waals surface area contributed by atoms with Crippen molar-refractivity contribution in [1.29, 1.82) is 0 Å². The lowest BCUT2D eigenvalue weighted by Gasteiger charge is -2.48. The number of unbranched alkanes of at least 4 members (excludes halogenated alkanes) is 32. The van der Waals surface area contributed by atoms with Crippen molar-refractivity contribution in [1.82, 2.24) is 5.32 Å². The second-order valence-electron chi connectivity index (χ2n) is 25.3. The summed E-state index contributed by atoms with van der Waals surface area (Å²) in [6.07, 6.45) is 32.9. The molecule has 3 aliphatic rings. The first kappa shape index (κ1) is 80.2. The number of hydrogen-bond donors (Lipinski definition) is 12. The van der Waals surface area contributed by atoms with E-state index in [2.05, 4.69) is 55.6 Å². The van der Waals surface area contributed by atoms with Crippen LogP contribution in [0.5, 0.6) is 0 Å².